The summed E-state index contributed by atoms with van der Waals surface area (Å²) in [6.45, 7) is 8.99. The number of ether oxygens (including phenoxy) is 1. The van der Waals surface area contributed by atoms with E-state index in [1.54, 1.807) is 0 Å². The highest BCUT2D eigenvalue weighted by molar-refractivity contribution is 6.34. The predicted octanol–water partition coefficient (Wildman–Crippen LogP) is 4.35. The standard InChI is InChI=1S/C14H18ClNO/c1-5-17-10-6-11-9(2)8-14(3,4)16-13(11)12(15)7-10/h6-8,16H,5H2,1-4H3. The van der Waals surface area contributed by atoms with Crippen LogP contribution in [0.4, 0.5) is 5.69 Å². The average Bonchev–Trinajstić information content (AvgIpc) is 2.19. The molecule has 1 aromatic rings. The van der Waals surface area contributed by atoms with Gasteiger partial charge in [-0.15, -0.1) is 0 Å². The number of benzene rings is 1. The minimum Gasteiger partial charge on any atom is -0.494 e. The van der Waals surface area contributed by atoms with Gasteiger partial charge in [0.1, 0.15) is 5.75 Å². The van der Waals surface area contributed by atoms with E-state index in [0.717, 1.165) is 17.0 Å². The van der Waals surface area contributed by atoms with E-state index < -0.39 is 0 Å². The monoisotopic (exact) mass is 251 g/mol. The van der Waals surface area contributed by atoms with Gasteiger partial charge >= 0.3 is 0 Å². The van der Waals surface area contributed by atoms with Crippen LogP contribution in [0, 0.1) is 0 Å². The van der Waals surface area contributed by atoms with Gasteiger partial charge in [-0.05, 0) is 39.3 Å². The molecular weight excluding hydrogens is 234 g/mol. The van der Waals surface area contributed by atoms with E-state index in [2.05, 4.69) is 32.2 Å². The maximum absolute atomic E-state index is 6.31. The molecule has 0 radical (unpaired) electrons. The van der Waals surface area contributed by atoms with Crippen molar-refractivity contribution in [2.24, 2.45) is 0 Å². The van der Waals surface area contributed by atoms with Crippen molar-refractivity contribution >= 4 is 22.9 Å². The molecule has 1 aromatic carbocycles. The molecule has 0 saturated carbocycles. The van der Waals surface area contributed by atoms with E-state index in [9.17, 15) is 0 Å². The lowest BCUT2D eigenvalue weighted by molar-refractivity contribution is 0.340. The lowest BCUT2D eigenvalue weighted by Gasteiger charge is -2.32. The summed E-state index contributed by atoms with van der Waals surface area (Å²) in [5, 5.41) is 4.15. The van der Waals surface area contributed by atoms with Crippen LogP contribution >= 0.6 is 11.6 Å². The Morgan fingerprint density at radius 2 is 2.06 bits per heavy atom. The Labute approximate surface area is 108 Å². The number of rotatable bonds is 2. The van der Waals surface area contributed by atoms with Crippen molar-refractivity contribution in [3.8, 4) is 5.75 Å². The summed E-state index contributed by atoms with van der Waals surface area (Å²) in [5.74, 6) is 0.825. The molecule has 0 unspecified atom stereocenters. The summed E-state index contributed by atoms with van der Waals surface area (Å²) in [5.41, 5.74) is 3.29. The highest BCUT2D eigenvalue weighted by Crippen LogP contribution is 2.40. The largest absolute Gasteiger partial charge is 0.494 e. The summed E-state index contributed by atoms with van der Waals surface area (Å²) in [6.07, 6.45) is 2.21. The summed E-state index contributed by atoms with van der Waals surface area (Å²) in [6, 6.07) is 3.91. The SMILES string of the molecule is CCOc1cc(Cl)c2c(c1)C(C)=CC(C)(C)N2. The van der Waals surface area contributed by atoms with E-state index >= 15 is 0 Å². The third-order valence-electron chi connectivity index (χ3n) is 2.82. The smallest absolute Gasteiger partial charge is 0.121 e. The van der Waals surface area contributed by atoms with Gasteiger partial charge in [0, 0.05) is 11.6 Å². The Hall–Kier alpha value is -1.15. The van der Waals surface area contributed by atoms with Gasteiger partial charge in [-0.25, -0.2) is 0 Å². The molecular formula is C14H18ClNO. The normalized spacial score (nSPS) is 16.9. The molecule has 1 aliphatic heterocycles. The Bertz CT molecular complexity index is 477. The zero-order valence-electron chi connectivity index (χ0n) is 10.7. The molecule has 0 aromatic heterocycles. The first-order valence-electron chi connectivity index (χ1n) is 5.87. The van der Waals surface area contributed by atoms with Gasteiger partial charge in [0.25, 0.3) is 0 Å². The second kappa shape index (κ2) is 4.26. The molecule has 0 saturated heterocycles. The van der Waals surface area contributed by atoms with Gasteiger partial charge in [-0.3, -0.25) is 0 Å². The van der Waals surface area contributed by atoms with Gasteiger partial charge in [0.15, 0.2) is 0 Å². The summed E-state index contributed by atoms with van der Waals surface area (Å²) in [7, 11) is 0. The van der Waals surface area contributed by atoms with Crippen molar-refractivity contribution in [3.05, 3.63) is 28.8 Å². The van der Waals surface area contributed by atoms with Crippen LogP contribution in [-0.4, -0.2) is 12.1 Å². The van der Waals surface area contributed by atoms with Crippen molar-refractivity contribution in [2.45, 2.75) is 33.2 Å². The highest BCUT2D eigenvalue weighted by atomic mass is 35.5. The van der Waals surface area contributed by atoms with E-state index in [4.69, 9.17) is 16.3 Å². The van der Waals surface area contributed by atoms with Crippen molar-refractivity contribution in [2.75, 3.05) is 11.9 Å². The summed E-state index contributed by atoms with van der Waals surface area (Å²) >= 11 is 6.31. The molecule has 17 heavy (non-hydrogen) atoms. The second-order valence-electron chi connectivity index (χ2n) is 4.93. The number of hydrogen-bond acceptors (Lipinski definition) is 2. The predicted molar refractivity (Wildman–Crippen MR) is 74.0 cm³/mol. The Balaban J connectivity index is 2.52. The van der Waals surface area contributed by atoms with Crippen molar-refractivity contribution in [3.63, 3.8) is 0 Å². The van der Waals surface area contributed by atoms with Crippen LogP contribution in [0.1, 0.15) is 33.3 Å². The molecule has 92 valence electrons. The molecule has 0 atom stereocenters. The number of fused-ring (bicyclic) bond motifs is 1. The molecule has 0 bridgehead atoms. The van der Waals surface area contributed by atoms with Crippen LogP contribution < -0.4 is 10.1 Å². The zero-order chi connectivity index (χ0) is 12.6. The third kappa shape index (κ3) is 2.42. The molecule has 1 heterocycles. The van der Waals surface area contributed by atoms with Crippen LogP contribution in [0.5, 0.6) is 5.75 Å². The van der Waals surface area contributed by atoms with E-state index in [1.807, 2.05) is 19.1 Å². The van der Waals surface area contributed by atoms with Crippen molar-refractivity contribution in [1.29, 1.82) is 0 Å². The first-order valence-corrected chi connectivity index (χ1v) is 6.25. The summed E-state index contributed by atoms with van der Waals surface area (Å²) < 4.78 is 5.51. The van der Waals surface area contributed by atoms with Crippen LogP contribution in [-0.2, 0) is 0 Å². The maximum atomic E-state index is 6.31. The van der Waals surface area contributed by atoms with Crippen LogP contribution in [0.25, 0.3) is 5.57 Å². The molecule has 0 spiro atoms. The fourth-order valence-corrected chi connectivity index (χ4v) is 2.50. The molecule has 1 aliphatic rings. The Kier molecular flexibility index (Phi) is 3.09. The fraction of sp³-hybridized carbons (Fsp3) is 0.429. The number of halogens is 1. The van der Waals surface area contributed by atoms with Gasteiger partial charge in [-0.1, -0.05) is 17.7 Å². The Morgan fingerprint density at radius 3 is 2.71 bits per heavy atom. The molecule has 0 amide bonds. The quantitative estimate of drug-likeness (QED) is 0.844. The number of anilines is 1. The number of nitrogens with one attached hydrogen (secondary N) is 1. The minimum atomic E-state index is -0.0617. The first-order chi connectivity index (χ1) is 7.93. The topological polar surface area (TPSA) is 21.3 Å². The van der Waals surface area contributed by atoms with Gasteiger partial charge in [0.2, 0.25) is 0 Å². The van der Waals surface area contributed by atoms with Crippen molar-refractivity contribution < 1.29 is 4.74 Å². The highest BCUT2D eigenvalue weighted by Gasteiger charge is 2.24. The van der Waals surface area contributed by atoms with Gasteiger partial charge in [0.05, 0.1) is 22.9 Å². The lowest BCUT2D eigenvalue weighted by atomic mass is 9.91. The molecule has 0 aliphatic carbocycles. The minimum absolute atomic E-state index is 0.0617. The molecule has 2 rings (SSSR count). The maximum Gasteiger partial charge on any atom is 0.121 e. The fourth-order valence-electron chi connectivity index (χ4n) is 2.25. The second-order valence-corrected chi connectivity index (χ2v) is 5.34. The van der Waals surface area contributed by atoms with Gasteiger partial charge < -0.3 is 10.1 Å². The van der Waals surface area contributed by atoms with Crippen molar-refractivity contribution in [1.82, 2.24) is 0 Å². The van der Waals surface area contributed by atoms with E-state index in [1.165, 1.54) is 5.57 Å². The first kappa shape index (κ1) is 12.3. The number of hydrogen-bond donors (Lipinski definition) is 1. The molecule has 1 N–H and O–H groups in total. The molecule has 0 fully saturated rings. The molecule has 3 heteroatoms. The van der Waals surface area contributed by atoms with Gasteiger partial charge in [-0.2, -0.15) is 0 Å². The third-order valence-corrected chi connectivity index (χ3v) is 3.12. The average molecular weight is 252 g/mol. The molecule has 2 nitrogen and oxygen atoms in total. The van der Waals surface area contributed by atoms with Crippen LogP contribution in [0.2, 0.25) is 5.02 Å². The van der Waals surface area contributed by atoms with E-state index in [-0.39, 0.29) is 5.54 Å². The van der Waals surface area contributed by atoms with E-state index in [0.29, 0.717) is 11.6 Å². The Morgan fingerprint density at radius 1 is 1.35 bits per heavy atom. The lowest BCUT2D eigenvalue weighted by Crippen LogP contribution is -2.31. The summed E-state index contributed by atoms with van der Waals surface area (Å²) in [4.78, 5) is 0. The number of allylic oxidation sites excluding steroid dienone is 1. The zero-order valence-corrected chi connectivity index (χ0v) is 11.5. The van der Waals surface area contributed by atoms with Crippen LogP contribution in [0.15, 0.2) is 18.2 Å². The van der Waals surface area contributed by atoms with Crippen LogP contribution in [0.3, 0.4) is 0 Å².